The molecule has 1 aliphatic rings. The van der Waals surface area contributed by atoms with Crippen LogP contribution in [0.2, 0.25) is 0 Å². The van der Waals surface area contributed by atoms with Gasteiger partial charge in [0.25, 0.3) is 0 Å². The summed E-state index contributed by atoms with van der Waals surface area (Å²) >= 11 is 0. The molecule has 1 saturated heterocycles. The van der Waals surface area contributed by atoms with Crippen LogP contribution in [0, 0.1) is 11.8 Å². The molecule has 4 heteroatoms. The zero-order chi connectivity index (χ0) is 12.8. The molecule has 0 radical (unpaired) electrons. The first-order chi connectivity index (χ1) is 8.04. The predicted molar refractivity (Wildman–Crippen MR) is 70.9 cm³/mol. The normalized spacial score (nSPS) is 27.8. The predicted octanol–water partition coefficient (Wildman–Crippen LogP) is 0.688. The van der Waals surface area contributed by atoms with Crippen molar-refractivity contribution in [3.8, 4) is 0 Å². The molecule has 1 amide bonds. The monoisotopic (exact) mass is 241 g/mol. The van der Waals surface area contributed by atoms with E-state index in [0.717, 1.165) is 32.6 Å². The summed E-state index contributed by atoms with van der Waals surface area (Å²) in [6.45, 7) is 10.1. The van der Waals surface area contributed by atoms with E-state index in [2.05, 4.69) is 36.4 Å². The zero-order valence-electron chi connectivity index (χ0n) is 11.6. The Hall–Kier alpha value is -0.610. The fourth-order valence-electron chi connectivity index (χ4n) is 2.35. The first kappa shape index (κ1) is 14.5. The minimum absolute atomic E-state index is 0.0572. The highest BCUT2D eigenvalue weighted by Crippen LogP contribution is 2.15. The molecule has 1 aliphatic heterocycles. The van der Waals surface area contributed by atoms with Gasteiger partial charge in [-0.2, -0.15) is 0 Å². The number of carbonyl (C=O) groups is 1. The SMILES string of the molecule is CCNCC(C)C(=O)NC1CCN(C)CC1C. The summed E-state index contributed by atoms with van der Waals surface area (Å²) in [6, 6.07) is 0.350. The molecule has 1 rings (SSSR count). The molecule has 0 aromatic carbocycles. The summed E-state index contributed by atoms with van der Waals surface area (Å²) in [6.07, 6.45) is 1.07. The fraction of sp³-hybridized carbons (Fsp3) is 0.923. The molecule has 1 fully saturated rings. The van der Waals surface area contributed by atoms with Crippen LogP contribution in [0.25, 0.3) is 0 Å². The van der Waals surface area contributed by atoms with Gasteiger partial charge in [-0.15, -0.1) is 0 Å². The average molecular weight is 241 g/mol. The van der Waals surface area contributed by atoms with Crippen molar-refractivity contribution in [1.82, 2.24) is 15.5 Å². The standard InChI is InChI=1S/C13H27N3O/c1-5-14-8-10(2)13(17)15-12-6-7-16(4)9-11(12)3/h10-12,14H,5-9H2,1-4H3,(H,15,17). The highest BCUT2D eigenvalue weighted by Gasteiger charge is 2.26. The maximum absolute atomic E-state index is 12.0. The van der Waals surface area contributed by atoms with Gasteiger partial charge in [-0.25, -0.2) is 0 Å². The molecular formula is C13H27N3O. The summed E-state index contributed by atoms with van der Waals surface area (Å²) in [4.78, 5) is 14.3. The molecular weight excluding hydrogens is 214 g/mol. The van der Waals surface area contributed by atoms with E-state index in [-0.39, 0.29) is 11.8 Å². The van der Waals surface area contributed by atoms with Gasteiger partial charge in [0.1, 0.15) is 0 Å². The van der Waals surface area contributed by atoms with Crippen molar-refractivity contribution in [2.75, 3.05) is 33.2 Å². The summed E-state index contributed by atoms with van der Waals surface area (Å²) in [5.41, 5.74) is 0. The Balaban J connectivity index is 2.34. The number of nitrogens with one attached hydrogen (secondary N) is 2. The average Bonchev–Trinajstić information content (AvgIpc) is 2.29. The lowest BCUT2D eigenvalue weighted by Gasteiger charge is -2.35. The Kier molecular flexibility index (Phi) is 5.92. The Labute approximate surface area is 105 Å². The Morgan fingerprint density at radius 1 is 1.53 bits per heavy atom. The van der Waals surface area contributed by atoms with E-state index in [9.17, 15) is 4.79 Å². The number of likely N-dealkylation sites (tertiary alicyclic amines) is 1. The van der Waals surface area contributed by atoms with Crippen LogP contribution >= 0.6 is 0 Å². The van der Waals surface area contributed by atoms with Crippen molar-refractivity contribution < 1.29 is 4.79 Å². The number of amides is 1. The van der Waals surface area contributed by atoms with Gasteiger partial charge >= 0.3 is 0 Å². The fourth-order valence-corrected chi connectivity index (χ4v) is 2.35. The molecule has 100 valence electrons. The molecule has 0 bridgehead atoms. The van der Waals surface area contributed by atoms with Crippen LogP contribution in [-0.2, 0) is 4.79 Å². The van der Waals surface area contributed by atoms with Crippen molar-refractivity contribution in [2.24, 2.45) is 11.8 Å². The first-order valence-electron chi connectivity index (χ1n) is 6.74. The molecule has 0 aromatic rings. The van der Waals surface area contributed by atoms with Crippen LogP contribution in [0.15, 0.2) is 0 Å². The van der Waals surface area contributed by atoms with Gasteiger partial charge in [0, 0.05) is 25.0 Å². The Morgan fingerprint density at radius 2 is 2.24 bits per heavy atom. The zero-order valence-corrected chi connectivity index (χ0v) is 11.6. The van der Waals surface area contributed by atoms with Crippen LogP contribution in [0.4, 0.5) is 0 Å². The van der Waals surface area contributed by atoms with E-state index in [0.29, 0.717) is 12.0 Å². The summed E-state index contributed by atoms with van der Waals surface area (Å²) in [5.74, 6) is 0.790. The van der Waals surface area contributed by atoms with E-state index < -0.39 is 0 Å². The number of rotatable bonds is 5. The van der Waals surface area contributed by atoms with Crippen LogP contribution in [-0.4, -0.2) is 50.1 Å². The van der Waals surface area contributed by atoms with Crippen molar-refractivity contribution >= 4 is 5.91 Å². The molecule has 3 unspecified atom stereocenters. The molecule has 4 nitrogen and oxygen atoms in total. The summed E-state index contributed by atoms with van der Waals surface area (Å²) in [5, 5.41) is 6.41. The van der Waals surface area contributed by atoms with Crippen molar-refractivity contribution in [3.63, 3.8) is 0 Å². The second-order valence-corrected chi connectivity index (χ2v) is 5.35. The van der Waals surface area contributed by atoms with Crippen molar-refractivity contribution in [1.29, 1.82) is 0 Å². The molecule has 3 atom stereocenters. The second-order valence-electron chi connectivity index (χ2n) is 5.35. The van der Waals surface area contributed by atoms with Crippen molar-refractivity contribution in [3.05, 3.63) is 0 Å². The third kappa shape index (κ3) is 4.64. The molecule has 0 spiro atoms. The lowest BCUT2D eigenvalue weighted by atomic mass is 9.93. The molecule has 0 aromatic heterocycles. The van der Waals surface area contributed by atoms with Crippen LogP contribution in [0.1, 0.15) is 27.2 Å². The number of piperidine rings is 1. The third-order valence-corrected chi connectivity index (χ3v) is 3.58. The topological polar surface area (TPSA) is 44.4 Å². The van der Waals surface area contributed by atoms with Crippen LogP contribution in [0.5, 0.6) is 0 Å². The molecule has 1 heterocycles. The molecule has 0 aliphatic carbocycles. The van der Waals surface area contributed by atoms with Gasteiger partial charge in [-0.3, -0.25) is 4.79 Å². The molecule has 2 N–H and O–H groups in total. The maximum atomic E-state index is 12.0. The number of hydrogen-bond acceptors (Lipinski definition) is 3. The van der Waals surface area contributed by atoms with Gasteiger partial charge in [-0.05, 0) is 32.5 Å². The molecule has 17 heavy (non-hydrogen) atoms. The molecule has 0 saturated carbocycles. The summed E-state index contributed by atoms with van der Waals surface area (Å²) in [7, 11) is 2.14. The van der Waals surface area contributed by atoms with E-state index in [1.54, 1.807) is 0 Å². The largest absolute Gasteiger partial charge is 0.353 e. The maximum Gasteiger partial charge on any atom is 0.224 e. The van der Waals surface area contributed by atoms with Gasteiger partial charge in [-0.1, -0.05) is 20.8 Å². The minimum atomic E-state index is 0.0572. The van der Waals surface area contributed by atoms with Gasteiger partial charge in [0.15, 0.2) is 0 Å². The first-order valence-corrected chi connectivity index (χ1v) is 6.74. The number of carbonyl (C=O) groups excluding carboxylic acids is 1. The van der Waals surface area contributed by atoms with E-state index in [4.69, 9.17) is 0 Å². The lowest BCUT2D eigenvalue weighted by Crippen LogP contribution is -2.50. The van der Waals surface area contributed by atoms with E-state index in [1.807, 2.05) is 6.92 Å². The van der Waals surface area contributed by atoms with Crippen LogP contribution in [0.3, 0.4) is 0 Å². The quantitative estimate of drug-likeness (QED) is 0.744. The Morgan fingerprint density at radius 3 is 2.82 bits per heavy atom. The van der Waals surface area contributed by atoms with E-state index in [1.165, 1.54) is 0 Å². The smallest absolute Gasteiger partial charge is 0.224 e. The van der Waals surface area contributed by atoms with Crippen molar-refractivity contribution in [2.45, 2.75) is 33.2 Å². The van der Waals surface area contributed by atoms with Gasteiger partial charge in [0.2, 0.25) is 5.91 Å². The minimum Gasteiger partial charge on any atom is -0.353 e. The van der Waals surface area contributed by atoms with Gasteiger partial charge < -0.3 is 15.5 Å². The van der Waals surface area contributed by atoms with Gasteiger partial charge in [0.05, 0.1) is 0 Å². The Bertz CT molecular complexity index is 245. The highest BCUT2D eigenvalue weighted by atomic mass is 16.1. The number of hydrogen-bond donors (Lipinski definition) is 2. The van der Waals surface area contributed by atoms with Crippen LogP contribution < -0.4 is 10.6 Å². The lowest BCUT2D eigenvalue weighted by molar-refractivity contribution is -0.125. The summed E-state index contributed by atoms with van der Waals surface area (Å²) < 4.78 is 0. The van der Waals surface area contributed by atoms with E-state index >= 15 is 0 Å². The second kappa shape index (κ2) is 6.97. The third-order valence-electron chi connectivity index (χ3n) is 3.58. The highest BCUT2D eigenvalue weighted by molar-refractivity contribution is 5.78. The number of nitrogens with zero attached hydrogens (tertiary/aromatic N) is 1.